The first-order chi connectivity index (χ1) is 8.04. The van der Waals surface area contributed by atoms with Crippen molar-refractivity contribution in [2.45, 2.75) is 32.6 Å². The van der Waals surface area contributed by atoms with Crippen LogP contribution in [0, 0.1) is 11.8 Å². The van der Waals surface area contributed by atoms with E-state index in [9.17, 15) is 4.79 Å². The van der Waals surface area contributed by atoms with Gasteiger partial charge in [-0.15, -0.1) is 0 Å². The van der Waals surface area contributed by atoms with Crippen LogP contribution in [0.1, 0.15) is 32.6 Å². The third-order valence-corrected chi connectivity index (χ3v) is 3.46. The lowest BCUT2D eigenvalue weighted by Gasteiger charge is -2.26. The number of hydrogen-bond donors (Lipinski definition) is 3. The van der Waals surface area contributed by atoms with Crippen molar-refractivity contribution in [2.75, 3.05) is 13.6 Å². The standard InChI is InChI=1S/C12H24N4O/c1-9-3-5-10(6-4-9)8-15-12(17)11(7-13)16(2)14/h7,9-10H,3-6,8,13-14H2,1-2H3,(H,15,17)/b11-7-. The highest BCUT2D eigenvalue weighted by atomic mass is 16.2. The van der Waals surface area contributed by atoms with Gasteiger partial charge < -0.3 is 16.1 Å². The molecule has 0 spiro atoms. The van der Waals surface area contributed by atoms with Gasteiger partial charge in [-0.2, -0.15) is 0 Å². The second-order valence-corrected chi connectivity index (χ2v) is 5.00. The Kier molecular flexibility index (Phi) is 5.28. The van der Waals surface area contributed by atoms with Crippen LogP contribution >= 0.6 is 0 Å². The molecule has 1 rings (SSSR count). The normalized spacial score (nSPS) is 25.5. The average Bonchev–Trinajstić information content (AvgIpc) is 2.28. The van der Waals surface area contributed by atoms with Gasteiger partial charge in [0, 0.05) is 19.8 Å². The van der Waals surface area contributed by atoms with Crippen LogP contribution in [-0.2, 0) is 4.79 Å². The van der Waals surface area contributed by atoms with Crippen molar-refractivity contribution in [3.63, 3.8) is 0 Å². The monoisotopic (exact) mass is 240 g/mol. The predicted octanol–water partition coefficient (Wildman–Crippen LogP) is 0.535. The number of rotatable bonds is 4. The molecule has 1 amide bonds. The van der Waals surface area contributed by atoms with Gasteiger partial charge in [-0.1, -0.05) is 19.8 Å². The fourth-order valence-corrected chi connectivity index (χ4v) is 2.21. The van der Waals surface area contributed by atoms with E-state index in [2.05, 4.69) is 12.2 Å². The third kappa shape index (κ3) is 4.26. The lowest BCUT2D eigenvalue weighted by molar-refractivity contribution is -0.119. The Morgan fingerprint density at radius 1 is 1.41 bits per heavy atom. The number of likely N-dealkylation sites (N-methyl/N-ethyl adjacent to an activating group) is 1. The maximum atomic E-state index is 11.7. The molecule has 0 atom stereocenters. The summed E-state index contributed by atoms with van der Waals surface area (Å²) in [6.45, 7) is 3.00. The summed E-state index contributed by atoms with van der Waals surface area (Å²) in [5.41, 5.74) is 5.66. The van der Waals surface area contributed by atoms with Crippen LogP contribution < -0.4 is 16.9 Å². The van der Waals surface area contributed by atoms with E-state index in [4.69, 9.17) is 11.6 Å². The van der Waals surface area contributed by atoms with Gasteiger partial charge in [-0.3, -0.25) is 4.79 Å². The summed E-state index contributed by atoms with van der Waals surface area (Å²) in [4.78, 5) is 11.7. The molecule has 0 aliphatic heterocycles. The van der Waals surface area contributed by atoms with Crippen LogP contribution in [0.25, 0.3) is 0 Å². The Hall–Kier alpha value is -1.23. The zero-order chi connectivity index (χ0) is 12.8. The van der Waals surface area contributed by atoms with E-state index in [1.807, 2.05) is 0 Å². The number of amides is 1. The summed E-state index contributed by atoms with van der Waals surface area (Å²) in [6.07, 6.45) is 6.15. The number of hydrogen-bond acceptors (Lipinski definition) is 4. The van der Waals surface area contributed by atoms with E-state index in [1.165, 1.54) is 36.9 Å². The molecule has 5 nitrogen and oxygen atoms in total. The first-order valence-electron chi connectivity index (χ1n) is 6.23. The first-order valence-corrected chi connectivity index (χ1v) is 6.23. The van der Waals surface area contributed by atoms with E-state index in [0.717, 1.165) is 12.5 Å². The van der Waals surface area contributed by atoms with Crippen LogP contribution in [0.3, 0.4) is 0 Å². The van der Waals surface area contributed by atoms with Crippen molar-refractivity contribution < 1.29 is 4.79 Å². The summed E-state index contributed by atoms with van der Waals surface area (Å²) in [5.74, 6) is 6.73. The number of nitrogens with one attached hydrogen (secondary N) is 1. The van der Waals surface area contributed by atoms with Crippen molar-refractivity contribution in [1.29, 1.82) is 0 Å². The lowest BCUT2D eigenvalue weighted by atomic mass is 9.83. The summed E-state index contributed by atoms with van der Waals surface area (Å²) >= 11 is 0. The summed E-state index contributed by atoms with van der Waals surface area (Å²) < 4.78 is 0. The second-order valence-electron chi connectivity index (χ2n) is 5.00. The fraction of sp³-hybridized carbons (Fsp3) is 0.750. The van der Waals surface area contributed by atoms with Crippen molar-refractivity contribution in [3.8, 4) is 0 Å². The van der Waals surface area contributed by atoms with Crippen LogP contribution in [0.15, 0.2) is 11.9 Å². The van der Waals surface area contributed by atoms with Gasteiger partial charge in [0.1, 0.15) is 5.70 Å². The molecule has 1 saturated carbocycles. The van der Waals surface area contributed by atoms with Crippen LogP contribution in [-0.4, -0.2) is 24.5 Å². The van der Waals surface area contributed by atoms with Gasteiger partial charge in [0.2, 0.25) is 0 Å². The van der Waals surface area contributed by atoms with Gasteiger partial charge >= 0.3 is 0 Å². The third-order valence-electron chi connectivity index (χ3n) is 3.46. The Morgan fingerprint density at radius 2 is 2.00 bits per heavy atom. The van der Waals surface area contributed by atoms with E-state index < -0.39 is 0 Å². The minimum atomic E-state index is -0.198. The molecular weight excluding hydrogens is 216 g/mol. The fourth-order valence-electron chi connectivity index (χ4n) is 2.21. The Labute approximate surface area is 103 Å². The highest BCUT2D eigenvalue weighted by molar-refractivity contribution is 5.92. The van der Waals surface area contributed by atoms with Crippen molar-refractivity contribution in [3.05, 3.63) is 11.9 Å². The Bertz CT molecular complexity index is 280. The number of nitrogens with two attached hydrogens (primary N) is 2. The maximum absolute atomic E-state index is 11.7. The van der Waals surface area contributed by atoms with Crippen molar-refractivity contribution in [1.82, 2.24) is 10.3 Å². The van der Waals surface area contributed by atoms with E-state index in [-0.39, 0.29) is 5.91 Å². The van der Waals surface area contributed by atoms with Gasteiger partial charge in [0.25, 0.3) is 5.91 Å². The molecule has 0 aromatic rings. The van der Waals surface area contributed by atoms with Crippen LogP contribution in [0.2, 0.25) is 0 Å². The predicted molar refractivity (Wildman–Crippen MR) is 68.4 cm³/mol. The molecule has 0 aromatic heterocycles. The van der Waals surface area contributed by atoms with E-state index in [1.54, 1.807) is 7.05 Å². The number of carbonyl (C=O) groups is 1. The summed E-state index contributed by atoms with van der Waals surface area (Å²) in [5, 5.41) is 4.13. The van der Waals surface area contributed by atoms with E-state index >= 15 is 0 Å². The smallest absolute Gasteiger partial charge is 0.270 e. The number of hydrazine groups is 1. The van der Waals surface area contributed by atoms with Crippen LogP contribution in [0.5, 0.6) is 0 Å². The average molecular weight is 240 g/mol. The number of carbonyl (C=O) groups excluding carboxylic acids is 1. The van der Waals surface area contributed by atoms with Gasteiger partial charge in [0.15, 0.2) is 0 Å². The molecule has 1 aliphatic rings. The summed E-state index contributed by atoms with van der Waals surface area (Å²) in [7, 11) is 1.60. The van der Waals surface area contributed by atoms with Crippen molar-refractivity contribution in [2.24, 2.45) is 23.4 Å². The van der Waals surface area contributed by atoms with Gasteiger partial charge in [-0.05, 0) is 24.7 Å². The molecular formula is C12H24N4O. The molecule has 98 valence electrons. The largest absolute Gasteiger partial charge is 0.403 e. The SMILES string of the molecule is CC1CCC(CNC(=O)/C(=C/N)N(C)N)CC1. The molecule has 1 aliphatic carbocycles. The number of nitrogens with zero attached hydrogens (tertiary/aromatic N) is 1. The molecule has 0 heterocycles. The van der Waals surface area contributed by atoms with Crippen molar-refractivity contribution >= 4 is 5.91 Å². The minimum absolute atomic E-state index is 0.198. The highest BCUT2D eigenvalue weighted by Crippen LogP contribution is 2.27. The highest BCUT2D eigenvalue weighted by Gasteiger charge is 2.19. The topological polar surface area (TPSA) is 84.4 Å². The Morgan fingerprint density at radius 3 is 2.47 bits per heavy atom. The maximum Gasteiger partial charge on any atom is 0.270 e. The van der Waals surface area contributed by atoms with E-state index in [0.29, 0.717) is 11.6 Å². The van der Waals surface area contributed by atoms with Gasteiger partial charge in [-0.25, -0.2) is 5.84 Å². The quantitative estimate of drug-likeness (QED) is 0.380. The zero-order valence-electron chi connectivity index (χ0n) is 10.8. The molecule has 0 radical (unpaired) electrons. The Balaban J connectivity index is 2.33. The summed E-state index contributed by atoms with van der Waals surface area (Å²) in [6, 6.07) is 0. The second kappa shape index (κ2) is 6.49. The van der Waals surface area contributed by atoms with Gasteiger partial charge in [0.05, 0.1) is 0 Å². The molecule has 0 aromatic carbocycles. The molecule has 0 saturated heterocycles. The molecule has 5 N–H and O–H groups in total. The molecule has 17 heavy (non-hydrogen) atoms. The minimum Gasteiger partial charge on any atom is -0.403 e. The molecule has 5 heteroatoms. The molecule has 0 bridgehead atoms. The molecule has 1 fully saturated rings. The molecule has 0 unspecified atom stereocenters. The first kappa shape index (κ1) is 13.8. The zero-order valence-corrected chi connectivity index (χ0v) is 10.8. The van der Waals surface area contributed by atoms with Crippen LogP contribution in [0.4, 0.5) is 0 Å². The lowest BCUT2D eigenvalue weighted by Crippen LogP contribution is -2.39.